The molecule has 6 heteroatoms. The van der Waals surface area contributed by atoms with Crippen LogP contribution < -0.4 is 14.8 Å². The Morgan fingerprint density at radius 1 is 1.09 bits per heavy atom. The Balaban J connectivity index is 1.76. The topological polar surface area (TPSA) is 73.9 Å². The first-order valence-electron chi connectivity index (χ1n) is 11.8. The Hall–Kier alpha value is -2.76. The summed E-state index contributed by atoms with van der Waals surface area (Å²) < 4.78 is 17.2. The molecule has 3 aliphatic rings. The van der Waals surface area contributed by atoms with Crippen LogP contribution in [-0.2, 0) is 14.3 Å². The van der Waals surface area contributed by atoms with Crippen LogP contribution in [0.4, 0.5) is 0 Å². The minimum absolute atomic E-state index is 0.0514. The number of hydrogen-bond donors (Lipinski definition) is 1. The average molecular weight is 440 g/mol. The molecule has 1 heterocycles. The van der Waals surface area contributed by atoms with Crippen LogP contribution in [0.2, 0.25) is 0 Å². The Bertz CT molecular complexity index is 955. The molecule has 0 aromatic heterocycles. The maximum atomic E-state index is 13.5. The largest absolute Gasteiger partial charge is 0.493 e. The highest BCUT2D eigenvalue weighted by Crippen LogP contribution is 2.44. The third kappa shape index (κ3) is 4.41. The summed E-state index contributed by atoms with van der Waals surface area (Å²) in [6.07, 6.45) is 7.23. The van der Waals surface area contributed by atoms with Gasteiger partial charge in [0.05, 0.1) is 19.3 Å². The standard InChI is InChI=1S/C26H33NO5/c1-4-31-21-14-13-17(15-22(21)30-3)24-23(26(29)32-18-9-6-5-7-10-18)16(2)27-19-11-8-12-20(28)25(19)24/h13-15,18,24,27H,4-12H2,1-3H3/t24-/m1/s1. The Kier molecular flexibility index (Phi) is 6.87. The predicted octanol–water partition coefficient (Wildman–Crippen LogP) is 4.94. The van der Waals surface area contributed by atoms with Crippen LogP contribution in [0.5, 0.6) is 11.5 Å². The first-order chi connectivity index (χ1) is 15.5. The first kappa shape index (κ1) is 22.4. The van der Waals surface area contributed by atoms with E-state index in [4.69, 9.17) is 14.2 Å². The molecule has 2 aliphatic carbocycles. The van der Waals surface area contributed by atoms with Crippen molar-refractivity contribution in [1.29, 1.82) is 0 Å². The summed E-state index contributed by atoms with van der Waals surface area (Å²) in [6, 6.07) is 5.67. The number of carbonyl (C=O) groups excluding carboxylic acids is 2. The third-order valence-electron chi connectivity index (χ3n) is 6.64. The number of allylic oxidation sites excluding steroid dienone is 3. The van der Waals surface area contributed by atoms with E-state index in [9.17, 15) is 9.59 Å². The Morgan fingerprint density at radius 2 is 1.88 bits per heavy atom. The zero-order valence-corrected chi connectivity index (χ0v) is 19.3. The van der Waals surface area contributed by atoms with Gasteiger partial charge >= 0.3 is 5.97 Å². The zero-order valence-electron chi connectivity index (χ0n) is 19.3. The van der Waals surface area contributed by atoms with E-state index in [1.54, 1.807) is 7.11 Å². The van der Waals surface area contributed by atoms with Crippen molar-refractivity contribution in [2.45, 2.75) is 77.2 Å². The van der Waals surface area contributed by atoms with Crippen molar-refractivity contribution >= 4 is 11.8 Å². The molecule has 0 radical (unpaired) electrons. The first-order valence-corrected chi connectivity index (χ1v) is 11.8. The van der Waals surface area contributed by atoms with Crippen LogP contribution in [0.1, 0.15) is 76.7 Å². The van der Waals surface area contributed by atoms with Gasteiger partial charge in [0, 0.05) is 29.3 Å². The Morgan fingerprint density at radius 3 is 2.59 bits per heavy atom. The number of ketones is 1. The monoisotopic (exact) mass is 439 g/mol. The van der Waals surface area contributed by atoms with Gasteiger partial charge < -0.3 is 19.5 Å². The van der Waals surface area contributed by atoms with Crippen LogP contribution in [0.3, 0.4) is 0 Å². The molecule has 1 N–H and O–H groups in total. The van der Waals surface area contributed by atoms with Crippen LogP contribution in [-0.4, -0.2) is 31.6 Å². The lowest BCUT2D eigenvalue weighted by Gasteiger charge is -2.35. The van der Waals surface area contributed by atoms with Gasteiger partial charge in [0.25, 0.3) is 0 Å². The molecule has 0 saturated heterocycles. The lowest BCUT2D eigenvalue weighted by molar-refractivity contribution is -0.146. The number of ether oxygens (including phenoxy) is 3. The van der Waals surface area contributed by atoms with Crippen molar-refractivity contribution in [3.8, 4) is 11.5 Å². The summed E-state index contributed by atoms with van der Waals surface area (Å²) in [7, 11) is 1.60. The lowest BCUT2D eigenvalue weighted by Crippen LogP contribution is -2.35. The van der Waals surface area contributed by atoms with Gasteiger partial charge in [-0.3, -0.25) is 4.79 Å². The van der Waals surface area contributed by atoms with Crippen LogP contribution >= 0.6 is 0 Å². The summed E-state index contributed by atoms with van der Waals surface area (Å²) in [5.41, 5.74) is 3.73. The average Bonchev–Trinajstić information content (AvgIpc) is 2.79. The second-order valence-electron chi connectivity index (χ2n) is 8.77. The second-order valence-corrected chi connectivity index (χ2v) is 8.77. The normalized spacial score (nSPS) is 21.7. The third-order valence-corrected chi connectivity index (χ3v) is 6.64. The molecule has 1 aliphatic heterocycles. The number of esters is 1. The molecule has 4 rings (SSSR count). The smallest absolute Gasteiger partial charge is 0.337 e. The minimum atomic E-state index is -0.472. The van der Waals surface area contributed by atoms with E-state index in [1.807, 2.05) is 32.0 Å². The van der Waals surface area contributed by atoms with E-state index in [0.717, 1.165) is 55.5 Å². The van der Waals surface area contributed by atoms with Crippen molar-refractivity contribution in [3.63, 3.8) is 0 Å². The summed E-state index contributed by atoms with van der Waals surface area (Å²) in [5, 5.41) is 3.36. The van der Waals surface area contributed by atoms with Gasteiger partial charge in [-0.1, -0.05) is 12.5 Å². The predicted molar refractivity (Wildman–Crippen MR) is 122 cm³/mol. The minimum Gasteiger partial charge on any atom is -0.493 e. The van der Waals surface area contributed by atoms with Crippen molar-refractivity contribution in [2.24, 2.45) is 0 Å². The lowest BCUT2D eigenvalue weighted by atomic mass is 9.75. The number of benzene rings is 1. The molecular formula is C26H33NO5. The summed E-state index contributed by atoms with van der Waals surface area (Å²) >= 11 is 0. The molecule has 0 unspecified atom stereocenters. The molecule has 1 fully saturated rings. The fraction of sp³-hybridized carbons (Fsp3) is 0.538. The number of nitrogens with one attached hydrogen (secondary N) is 1. The molecule has 32 heavy (non-hydrogen) atoms. The highest BCUT2D eigenvalue weighted by molar-refractivity contribution is 6.03. The van der Waals surface area contributed by atoms with E-state index >= 15 is 0 Å². The maximum Gasteiger partial charge on any atom is 0.337 e. The highest BCUT2D eigenvalue weighted by atomic mass is 16.5. The molecule has 1 atom stereocenters. The number of methoxy groups -OCH3 is 1. The van der Waals surface area contributed by atoms with Crippen LogP contribution in [0.25, 0.3) is 0 Å². The van der Waals surface area contributed by atoms with E-state index in [1.165, 1.54) is 6.42 Å². The van der Waals surface area contributed by atoms with Gasteiger partial charge in [-0.05, 0) is 70.1 Å². The molecule has 1 aromatic carbocycles. The molecule has 6 nitrogen and oxygen atoms in total. The molecule has 0 amide bonds. The van der Waals surface area contributed by atoms with Crippen molar-refractivity contribution in [1.82, 2.24) is 5.32 Å². The zero-order chi connectivity index (χ0) is 22.7. The molecule has 1 aromatic rings. The van der Waals surface area contributed by atoms with Crippen molar-refractivity contribution < 1.29 is 23.8 Å². The number of carbonyl (C=O) groups is 2. The number of rotatable bonds is 6. The quantitative estimate of drug-likeness (QED) is 0.633. The number of hydrogen-bond acceptors (Lipinski definition) is 6. The molecule has 1 saturated carbocycles. The molecule has 172 valence electrons. The van der Waals surface area contributed by atoms with E-state index < -0.39 is 5.92 Å². The maximum absolute atomic E-state index is 13.5. The summed E-state index contributed by atoms with van der Waals surface area (Å²) in [5.74, 6) is 0.520. The fourth-order valence-corrected chi connectivity index (χ4v) is 5.12. The highest BCUT2D eigenvalue weighted by Gasteiger charge is 2.40. The second kappa shape index (κ2) is 9.80. The van der Waals surface area contributed by atoms with Gasteiger partial charge in [-0.2, -0.15) is 0 Å². The van der Waals surface area contributed by atoms with E-state index in [0.29, 0.717) is 35.7 Å². The Labute approximate surface area is 190 Å². The number of Topliss-reactive ketones (excluding diaryl/α,β-unsaturated/α-hetero) is 1. The molecule has 0 bridgehead atoms. The van der Waals surface area contributed by atoms with E-state index in [-0.39, 0.29) is 17.9 Å². The van der Waals surface area contributed by atoms with Gasteiger partial charge in [0.15, 0.2) is 17.3 Å². The fourth-order valence-electron chi connectivity index (χ4n) is 5.12. The van der Waals surface area contributed by atoms with Gasteiger partial charge in [0.1, 0.15) is 6.10 Å². The summed E-state index contributed by atoms with van der Waals surface area (Å²) in [6.45, 7) is 4.34. The van der Waals surface area contributed by atoms with Gasteiger partial charge in [-0.15, -0.1) is 0 Å². The van der Waals surface area contributed by atoms with Crippen LogP contribution in [0, 0.1) is 0 Å². The van der Waals surface area contributed by atoms with Crippen molar-refractivity contribution in [2.75, 3.05) is 13.7 Å². The van der Waals surface area contributed by atoms with Gasteiger partial charge in [0.2, 0.25) is 0 Å². The summed E-state index contributed by atoms with van der Waals surface area (Å²) in [4.78, 5) is 26.5. The SMILES string of the molecule is CCOc1ccc([C@@H]2C(C(=O)OC3CCCCC3)=C(C)NC3=C2C(=O)CCC3)cc1OC. The number of dihydropyridines is 1. The van der Waals surface area contributed by atoms with Crippen LogP contribution in [0.15, 0.2) is 40.7 Å². The van der Waals surface area contributed by atoms with Gasteiger partial charge in [-0.25, -0.2) is 4.79 Å². The molecular weight excluding hydrogens is 406 g/mol. The van der Waals surface area contributed by atoms with Crippen molar-refractivity contribution in [3.05, 3.63) is 46.3 Å². The molecule has 0 spiro atoms. The van der Waals surface area contributed by atoms with E-state index in [2.05, 4.69) is 5.32 Å².